The molecule has 2 aromatic carbocycles. The minimum Gasteiger partial charge on any atom is -0.497 e. The summed E-state index contributed by atoms with van der Waals surface area (Å²) in [6, 6.07) is 13.5. The lowest BCUT2D eigenvalue weighted by Gasteiger charge is -2.44. The maximum Gasteiger partial charge on any atom is 0.212 e. The van der Waals surface area contributed by atoms with Crippen LogP contribution in [0.15, 0.2) is 42.5 Å². The Labute approximate surface area is 122 Å². The third kappa shape index (κ3) is 1.91. The van der Waals surface area contributed by atoms with Gasteiger partial charge in [0.15, 0.2) is 6.10 Å². The van der Waals surface area contributed by atoms with Crippen LogP contribution in [0.25, 0.3) is 0 Å². The SMILES string of the molecule is COc1ccc2c(c1)O[C@@H]1c3ccccc3CO[C@@]1(O)C2. The van der Waals surface area contributed by atoms with Crippen LogP contribution < -0.4 is 9.47 Å². The summed E-state index contributed by atoms with van der Waals surface area (Å²) in [5.74, 6) is 0.171. The van der Waals surface area contributed by atoms with Gasteiger partial charge in [-0.05, 0) is 17.2 Å². The highest BCUT2D eigenvalue weighted by Crippen LogP contribution is 2.46. The van der Waals surface area contributed by atoms with Crippen molar-refractivity contribution >= 4 is 0 Å². The van der Waals surface area contributed by atoms with E-state index in [2.05, 4.69) is 0 Å². The predicted molar refractivity (Wildman–Crippen MR) is 76.2 cm³/mol. The van der Waals surface area contributed by atoms with Crippen LogP contribution in [0.3, 0.4) is 0 Å². The molecule has 2 heterocycles. The highest BCUT2D eigenvalue weighted by molar-refractivity contribution is 5.45. The molecule has 4 heteroatoms. The Bertz CT molecular complexity index is 697. The number of ether oxygens (including phenoxy) is 3. The summed E-state index contributed by atoms with van der Waals surface area (Å²) in [6.45, 7) is 0.401. The molecule has 0 amide bonds. The van der Waals surface area contributed by atoms with Crippen LogP contribution in [-0.4, -0.2) is 18.0 Å². The van der Waals surface area contributed by atoms with E-state index >= 15 is 0 Å². The van der Waals surface area contributed by atoms with Crippen molar-refractivity contribution in [3.63, 3.8) is 0 Å². The first kappa shape index (κ1) is 12.7. The van der Waals surface area contributed by atoms with Crippen molar-refractivity contribution in [2.75, 3.05) is 7.11 Å². The molecule has 1 N–H and O–H groups in total. The molecule has 0 aliphatic carbocycles. The number of aliphatic hydroxyl groups is 1. The lowest BCUT2D eigenvalue weighted by Crippen LogP contribution is -2.49. The minimum absolute atomic E-state index is 0.401. The van der Waals surface area contributed by atoms with Gasteiger partial charge in [-0.2, -0.15) is 0 Å². The van der Waals surface area contributed by atoms with Crippen LogP contribution in [0.4, 0.5) is 0 Å². The molecule has 108 valence electrons. The molecule has 4 rings (SSSR count). The zero-order valence-electron chi connectivity index (χ0n) is 11.7. The smallest absolute Gasteiger partial charge is 0.212 e. The van der Waals surface area contributed by atoms with E-state index in [1.54, 1.807) is 7.11 Å². The van der Waals surface area contributed by atoms with E-state index in [1.165, 1.54) is 0 Å². The first-order valence-electron chi connectivity index (χ1n) is 6.97. The first-order chi connectivity index (χ1) is 10.2. The van der Waals surface area contributed by atoms with Crippen molar-refractivity contribution in [1.82, 2.24) is 0 Å². The van der Waals surface area contributed by atoms with Crippen molar-refractivity contribution in [3.05, 3.63) is 59.2 Å². The van der Waals surface area contributed by atoms with Gasteiger partial charge in [-0.1, -0.05) is 30.3 Å². The number of rotatable bonds is 1. The molecular formula is C17H16O4. The average Bonchev–Trinajstić information content (AvgIpc) is 2.52. The number of hydrogen-bond donors (Lipinski definition) is 1. The van der Waals surface area contributed by atoms with Crippen LogP contribution in [0.1, 0.15) is 22.8 Å². The van der Waals surface area contributed by atoms with Gasteiger partial charge < -0.3 is 19.3 Å². The molecule has 0 unspecified atom stereocenters. The van der Waals surface area contributed by atoms with Gasteiger partial charge in [0.25, 0.3) is 0 Å². The average molecular weight is 284 g/mol. The molecule has 0 saturated carbocycles. The molecule has 2 aliphatic rings. The largest absolute Gasteiger partial charge is 0.497 e. The third-order valence-corrected chi connectivity index (χ3v) is 4.19. The predicted octanol–water partition coefficient (Wildman–Crippen LogP) is 2.59. The van der Waals surface area contributed by atoms with E-state index in [1.807, 2.05) is 42.5 Å². The Morgan fingerprint density at radius 2 is 2.05 bits per heavy atom. The molecule has 0 radical (unpaired) electrons. The molecule has 0 spiro atoms. The van der Waals surface area contributed by atoms with Crippen molar-refractivity contribution in [1.29, 1.82) is 0 Å². The van der Waals surface area contributed by atoms with E-state index in [-0.39, 0.29) is 0 Å². The van der Waals surface area contributed by atoms with Crippen LogP contribution in [-0.2, 0) is 17.8 Å². The van der Waals surface area contributed by atoms with Gasteiger partial charge in [-0.3, -0.25) is 0 Å². The summed E-state index contributed by atoms with van der Waals surface area (Å²) in [5, 5.41) is 10.8. The molecule has 21 heavy (non-hydrogen) atoms. The van der Waals surface area contributed by atoms with Gasteiger partial charge in [0, 0.05) is 18.1 Å². The van der Waals surface area contributed by atoms with Gasteiger partial charge >= 0.3 is 0 Å². The van der Waals surface area contributed by atoms with E-state index in [0.29, 0.717) is 13.0 Å². The van der Waals surface area contributed by atoms with Gasteiger partial charge in [-0.25, -0.2) is 0 Å². The van der Waals surface area contributed by atoms with Crippen molar-refractivity contribution in [3.8, 4) is 11.5 Å². The summed E-state index contributed by atoms with van der Waals surface area (Å²) in [7, 11) is 1.62. The number of fused-ring (bicyclic) bond motifs is 4. The minimum atomic E-state index is -1.31. The maximum atomic E-state index is 10.8. The molecule has 4 nitrogen and oxygen atoms in total. The van der Waals surface area contributed by atoms with Gasteiger partial charge in [0.2, 0.25) is 5.79 Å². The lowest BCUT2D eigenvalue weighted by molar-refractivity contribution is -0.273. The molecule has 0 saturated heterocycles. The Hall–Kier alpha value is -2.04. The molecule has 0 aromatic heterocycles. The lowest BCUT2D eigenvalue weighted by atomic mass is 9.87. The monoisotopic (exact) mass is 284 g/mol. The van der Waals surface area contributed by atoms with E-state index in [0.717, 1.165) is 28.2 Å². The summed E-state index contributed by atoms with van der Waals surface area (Å²) < 4.78 is 17.0. The maximum absolute atomic E-state index is 10.8. The fourth-order valence-corrected chi connectivity index (χ4v) is 3.06. The number of methoxy groups -OCH3 is 1. The van der Waals surface area contributed by atoms with E-state index in [9.17, 15) is 5.11 Å². The Kier molecular flexibility index (Phi) is 2.71. The standard InChI is InChI=1S/C17H16O4/c1-19-13-7-6-11-9-17(18)16(21-15(11)8-13)14-5-3-2-4-12(14)10-20-17/h2-8,16,18H,9-10H2,1H3/t16-,17+/m1/s1. The molecular weight excluding hydrogens is 268 g/mol. The second-order valence-corrected chi connectivity index (χ2v) is 5.48. The second-order valence-electron chi connectivity index (χ2n) is 5.48. The molecule has 2 atom stereocenters. The highest BCUT2D eigenvalue weighted by Gasteiger charge is 2.48. The highest BCUT2D eigenvalue weighted by atomic mass is 16.7. The van der Waals surface area contributed by atoms with Crippen LogP contribution in [0.5, 0.6) is 11.5 Å². The molecule has 2 aromatic rings. The Morgan fingerprint density at radius 3 is 2.90 bits per heavy atom. The number of benzene rings is 2. The topological polar surface area (TPSA) is 47.9 Å². The van der Waals surface area contributed by atoms with Crippen LogP contribution in [0, 0.1) is 0 Å². The Balaban J connectivity index is 1.80. The zero-order valence-corrected chi connectivity index (χ0v) is 11.7. The molecule has 0 fully saturated rings. The summed E-state index contributed by atoms with van der Waals surface area (Å²) in [5.41, 5.74) is 2.96. The van der Waals surface area contributed by atoms with E-state index in [4.69, 9.17) is 14.2 Å². The van der Waals surface area contributed by atoms with Crippen LogP contribution in [0.2, 0.25) is 0 Å². The van der Waals surface area contributed by atoms with Gasteiger partial charge in [0.1, 0.15) is 11.5 Å². The fraction of sp³-hybridized carbons (Fsp3) is 0.294. The summed E-state index contributed by atoms with van der Waals surface area (Å²) >= 11 is 0. The number of hydrogen-bond acceptors (Lipinski definition) is 4. The first-order valence-corrected chi connectivity index (χ1v) is 6.97. The van der Waals surface area contributed by atoms with E-state index < -0.39 is 11.9 Å². The van der Waals surface area contributed by atoms with Crippen LogP contribution >= 0.6 is 0 Å². The van der Waals surface area contributed by atoms with Crippen molar-refractivity contribution < 1.29 is 19.3 Å². The van der Waals surface area contributed by atoms with Gasteiger partial charge in [-0.15, -0.1) is 0 Å². The van der Waals surface area contributed by atoms with Crippen molar-refractivity contribution in [2.45, 2.75) is 24.9 Å². The zero-order chi connectivity index (χ0) is 14.4. The quantitative estimate of drug-likeness (QED) is 0.874. The third-order valence-electron chi connectivity index (χ3n) is 4.19. The summed E-state index contributed by atoms with van der Waals surface area (Å²) in [4.78, 5) is 0. The van der Waals surface area contributed by atoms with Gasteiger partial charge in [0.05, 0.1) is 13.7 Å². The summed E-state index contributed by atoms with van der Waals surface area (Å²) in [6.07, 6.45) is -0.104. The molecule has 2 aliphatic heterocycles. The molecule has 0 bridgehead atoms. The van der Waals surface area contributed by atoms with Crippen molar-refractivity contribution in [2.24, 2.45) is 0 Å². The second kappa shape index (κ2) is 4.48. The Morgan fingerprint density at radius 1 is 1.19 bits per heavy atom. The normalized spacial score (nSPS) is 26.1. The fourth-order valence-electron chi connectivity index (χ4n) is 3.06.